The Hall–Kier alpha value is -3.22. The third-order valence-corrected chi connectivity index (χ3v) is 4.98. The molecule has 0 radical (unpaired) electrons. The van der Waals surface area contributed by atoms with Crippen molar-refractivity contribution >= 4 is 5.91 Å². The van der Waals surface area contributed by atoms with Gasteiger partial charge >= 0.3 is 0 Å². The summed E-state index contributed by atoms with van der Waals surface area (Å²) in [5, 5.41) is 16.9. The second kappa shape index (κ2) is 11.2. The van der Waals surface area contributed by atoms with Gasteiger partial charge in [0.25, 0.3) is 5.91 Å². The molecular formula is C25H27FN2O3. The second-order valence-electron chi connectivity index (χ2n) is 7.33. The number of halogens is 1. The molecule has 3 aromatic rings. The van der Waals surface area contributed by atoms with Crippen molar-refractivity contribution in [3.8, 4) is 5.75 Å². The van der Waals surface area contributed by atoms with Gasteiger partial charge in [0.2, 0.25) is 0 Å². The van der Waals surface area contributed by atoms with Gasteiger partial charge in [0, 0.05) is 18.7 Å². The zero-order valence-corrected chi connectivity index (χ0v) is 17.4. The van der Waals surface area contributed by atoms with Crippen LogP contribution in [0.15, 0.2) is 78.9 Å². The maximum Gasteiger partial charge on any atom is 0.251 e. The summed E-state index contributed by atoms with van der Waals surface area (Å²) in [6, 6.07) is 22.1. The van der Waals surface area contributed by atoms with Gasteiger partial charge < -0.3 is 20.5 Å². The Kier molecular flexibility index (Phi) is 8.15. The molecule has 5 nitrogen and oxygen atoms in total. The number of rotatable bonds is 10. The minimum absolute atomic E-state index is 0.256. The van der Waals surface area contributed by atoms with E-state index in [0.29, 0.717) is 24.1 Å². The van der Waals surface area contributed by atoms with Gasteiger partial charge in [-0.25, -0.2) is 4.39 Å². The van der Waals surface area contributed by atoms with Crippen LogP contribution in [0, 0.1) is 5.82 Å². The maximum atomic E-state index is 13.6. The average molecular weight is 423 g/mol. The Morgan fingerprint density at radius 3 is 2.48 bits per heavy atom. The number of methoxy groups -OCH3 is 1. The molecule has 162 valence electrons. The van der Waals surface area contributed by atoms with Crippen LogP contribution in [-0.2, 0) is 13.0 Å². The summed E-state index contributed by atoms with van der Waals surface area (Å²) in [7, 11) is 1.61. The average Bonchev–Trinajstić information content (AvgIpc) is 2.79. The molecule has 0 aliphatic rings. The highest BCUT2D eigenvalue weighted by Crippen LogP contribution is 2.13. The van der Waals surface area contributed by atoms with Crippen LogP contribution in [0.4, 0.5) is 4.39 Å². The minimum Gasteiger partial charge on any atom is -0.497 e. The fraction of sp³-hybridized carbons (Fsp3) is 0.240. The van der Waals surface area contributed by atoms with Crippen molar-refractivity contribution in [2.24, 2.45) is 0 Å². The van der Waals surface area contributed by atoms with E-state index in [-0.39, 0.29) is 18.3 Å². The Morgan fingerprint density at radius 1 is 1.00 bits per heavy atom. The van der Waals surface area contributed by atoms with Gasteiger partial charge in [0.05, 0.1) is 19.3 Å². The highest BCUT2D eigenvalue weighted by atomic mass is 19.1. The first-order valence-electron chi connectivity index (χ1n) is 10.2. The summed E-state index contributed by atoms with van der Waals surface area (Å²) in [6.07, 6.45) is -0.570. The quantitative estimate of drug-likeness (QED) is 0.469. The molecule has 2 atom stereocenters. The molecule has 0 aliphatic heterocycles. The fourth-order valence-electron chi connectivity index (χ4n) is 3.33. The van der Waals surface area contributed by atoms with Crippen molar-refractivity contribution in [3.05, 3.63) is 101 Å². The molecule has 0 fully saturated rings. The molecule has 0 heterocycles. The summed E-state index contributed by atoms with van der Waals surface area (Å²) in [5.74, 6) is 0.129. The Bertz CT molecular complexity index is 981. The number of aliphatic hydroxyl groups is 1. The zero-order chi connectivity index (χ0) is 22.1. The summed E-state index contributed by atoms with van der Waals surface area (Å²) < 4.78 is 18.9. The van der Waals surface area contributed by atoms with Crippen molar-refractivity contribution in [2.75, 3.05) is 13.7 Å². The Balaban J connectivity index is 1.65. The van der Waals surface area contributed by atoms with E-state index in [1.807, 2.05) is 30.3 Å². The predicted octanol–water partition coefficient (Wildman–Crippen LogP) is 3.33. The van der Waals surface area contributed by atoms with E-state index in [1.165, 1.54) is 12.1 Å². The summed E-state index contributed by atoms with van der Waals surface area (Å²) in [6.45, 7) is 0.792. The maximum absolute atomic E-state index is 13.6. The number of hydrogen-bond donors (Lipinski definition) is 3. The number of aliphatic hydroxyl groups excluding tert-OH is 1. The fourth-order valence-corrected chi connectivity index (χ4v) is 3.33. The number of ether oxygens (including phenoxy) is 1. The minimum atomic E-state index is -0.874. The van der Waals surface area contributed by atoms with Crippen LogP contribution in [-0.4, -0.2) is 36.8 Å². The number of benzene rings is 3. The summed E-state index contributed by atoms with van der Waals surface area (Å²) >= 11 is 0. The molecular weight excluding hydrogens is 395 g/mol. The van der Waals surface area contributed by atoms with Gasteiger partial charge in [-0.3, -0.25) is 4.79 Å². The number of nitrogens with one attached hydrogen (secondary N) is 2. The van der Waals surface area contributed by atoms with Crippen molar-refractivity contribution in [1.82, 2.24) is 10.6 Å². The van der Waals surface area contributed by atoms with E-state index in [1.54, 1.807) is 43.5 Å². The standard InChI is InChI=1S/C25H27FN2O3/c1-31-22-12-6-8-19(14-22)16-27-17-24(29)23(15-18-7-5-11-21(26)13-18)28-25(30)20-9-3-2-4-10-20/h2-14,23-24,27,29H,15-17H2,1H3,(H,28,30)/t23-,24-/m0/s1. The summed E-state index contributed by atoms with van der Waals surface area (Å²) in [4.78, 5) is 12.7. The third-order valence-electron chi connectivity index (χ3n) is 4.98. The Morgan fingerprint density at radius 2 is 1.74 bits per heavy atom. The second-order valence-corrected chi connectivity index (χ2v) is 7.33. The van der Waals surface area contributed by atoms with Gasteiger partial charge in [-0.05, 0) is 53.9 Å². The van der Waals surface area contributed by atoms with Crippen LogP contribution in [0.1, 0.15) is 21.5 Å². The number of hydrogen-bond acceptors (Lipinski definition) is 4. The smallest absolute Gasteiger partial charge is 0.251 e. The van der Waals surface area contributed by atoms with Crippen LogP contribution in [0.5, 0.6) is 5.75 Å². The van der Waals surface area contributed by atoms with Crippen LogP contribution >= 0.6 is 0 Å². The first-order valence-corrected chi connectivity index (χ1v) is 10.2. The molecule has 1 amide bonds. The molecule has 0 unspecified atom stereocenters. The van der Waals surface area contributed by atoms with E-state index in [2.05, 4.69) is 10.6 Å². The van der Waals surface area contributed by atoms with Gasteiger partial charge in [0.15, 0.2) is 0 Å². The highest BCUT2D eigenvalue weighted by molar-refractivity contribution is 5.94. The molecule has 31 heavy (non-hydrogen) atoms. The van der Waals surface area contributed by atoms with Crippen molar-refractivity contribution in [2.45, 2.75) is 25.1 Å². The van der Waals surface area contributed by atoms with Crippen LogP contribution in [0.25, 0.3) is 0 Å². The van der Waals surface area contributed by atoms with E-state index in [0.717, 1.165) is 11.3 Å². The molecule has 3 aromatic carbocycles. The highest BCUT2D eigenvalue weighted by Gasteiger charge is 2.22. The van der Waals surface area contributed by atoms with Crippen LogP contribution < -0.4 is 15.4 Å². The molecule has 0 saturated carbocycles. The first-order chi connectivity index (χ1) is 15.0. The Labute approximate surface area is 181 Å². The number of amides is 1. The van der Waals surface area contributed by atoms with E-state index in [4.69, 9.17) is 4.74 Å². The van der Waals surface area contributed by atoms with E-state index >= 15 is 0 Å². The molecule has 0 bridgehead atoms. The monoisotopic (exact) mass is 422 g/mol. The molecule has 6 heteroatoms. The van der Waals surface area contributed by atoms with Gasteiger partial charge in [-0.2, -0.15) is 0 Å². The van der Waals surface area contributed by atoms with Crippen LogP contribution in [0.2, 0.25) is 0 Å². The van der Waals surface area contributed by atoms with Gasteiger partial charge in [0.1, 0.15) is 11.6 Å². The number of carbonyl (C=O) groups is 1. The molecule has 0 aliphatic carbocycles. The van der Waals surface area contributed by atoms with Gasteiger partial charge in [-0.15, -0.1) is 0 Å². The molecule has 3 rings (SSSR count). The topological polar surface area (TPSA) is 70.6 Å². The molecule has 3 N–H and O–H groups in total. The lowest BCUT2D eigenvalue weighted by Gasteiger charge is -2.25. The van der Waals surface area contributed by atoms with Gasteiger partial charge in [-0.1, -0.05) is 42.5 Å². The molecule has 0 aromatic heterocycles. The largest absolute Gasteiger partial charge is 0.497 e. The normalized spacial score (nSPS) is 12.7. The van der Waals surface area contributed by atoms with E-state index in [9.17, 15) is 14.3 Å². The lowest BCUT2D eigenvalue weighted by molar-refractivity contribution is 0.0830. The summed E-state index contributed by atoms with van der Waals surface area (Å²) in [5.41, 5.74) is 2.22. The SMILES string of the molecule is COc1cccc(CNC[C@H](O)[C@H](Cc2cccc(F)c2)NC(=O)c2ccccc2)c1. The lowest BCUT2D eigenvalue weighted by Crippen LogP contribution is -2.48. The lowest BCUT2D eigenvalue weighted by atomic mass is 10.00. The van der Waals surface area contributed by atoms with Crippen molar-refractivity contribution in [3.63, 3.8) is 0 Å². The van der Waals surface area contributed by atoms with Crippen molar-refractivity contribution in [1.29, 1.82) is 0 Å². The molecule has 0 spiro atoms. The van der Waals surface area contributed by atoms with E-state index < -0.39 is 12.1 Å². The predicted molar refractivity (Wildman–Crippen MR) is 119 cm³/mol. The zero-order valence-electron chi connectivity index (χ0n) is 17.4. The first kappa shape index (κ1) is 22.5. The molecule has 0 saturated heterocycles. The number of carbonyl (C=O) groups excluding carboxylic acids is 1. The third kappa shape index (κ3) is 6.91. The van der Waals surface area contributed by atoms with Crippen molar-refractivity contribution < 1.29 is 19.0 Å². The van der Waals surface area contributed by atoms with Crippen LogP contribution in [0.3, 0.4) is 0 Å².